The number of anilines is 1. The van der Waals surface area contributed by atoms with Gasteiger partial charge in [-0.3, -0.25) is 5.32 Å². The lowest BCUT2D eigenvalue weighted by Crippen LogP contribution is -2.45. The summed E-state index contributed by atoms with van der Waals surface area (Å²) in [6, 6.07) is 0.514. The summed E-state index contributed by atoms with van der Waals surface area (Å²) in [5.41, 5.74) is -6.19. The van der Waals surface area contributed by atoms with Gasteiger partial charge in [0.25, 0.3) is 11.8 Å². The zero-order valence-electron chi connectivity index (χ0n) is 23.4. The molecular weight excluding hydrogens is 638 g/mol. The Hall–Kier alpha value is -3.20. The molecule has 0 aliphatic heterocycles. The number of nitrogens with one attached hydrogen (secondary N) is 1. The van der Waals surface area contributed by atoms with Crippen molar-refractivity contribution in [3.05, 3.63) is 59.1 Å². The van der Waals surface area contributed by atoms with Gasteiger partial charge in [-0.15, -0.1) is 16.8 Å². The Morgan fingerprint density at radius 1 is 1.12 bits per heavy atom. The number of alkyl halides is 6. The fourth-order valence-electron chi connectivity index (χ4n) is 3.47. The van der Waals surface area contributed by atoms with Crippen molar-refractivity contribution in [2.75, 3.05) is 11.9 Å². The first-order valence-corrected chi connectivity index (χ1v) is 13.4. The molecule has 0 radical (unpaired) electrons. The lowest BCUT2D eigenvalue weighted by atomic mass is 9.96. The summed E-state index contributed by atoms with van der Waals surface area (Å²) >= 11 is 2.71. The molecule has 1 N–H and O–H groups in total. The first kappa shape index (κ1) is 35.0. The van der Waals surface area contributed by atoms with E-state index in [4.69, 9.17) is 13.9 Å². The number of amides is 1. The van der Waals surface area contributed by atoms with Crippen LogP contribution in [0.15, 0.2) is 52.0 Å². The van der Waals surface area contributed by atoms with Gasteiger partial charge in [-0.1, -0.05) is 38.2 Å². The zero-order valence-corrected chi connectivity index (χ0v) is 25.0. The highest BCUT2D eigenvalue weighted by Crippen LogP contribution is 2.47. The number of carbonyl (C=O) groups excluding carboxylic acids is 1. The molecule has 0 saturated carbocycles. The second kappa shape index (κ2) is 13.8. The highest BCUT2D eigenvalue weighted by Gasteiger charge is 2.61. The van der Waals surface area contributed by atoms with Crippen LogP contribution in [0.5, 0.6) is 0 Å². The molecule has 8 nitrogen and oxygen atoms in total. The Balaban J connectivity index is 2.70. The van der Waals surface area contributed by atoms with Crippen LogP contribution in [0.2, 0.25) is 0 Å². The lowest BCUT2D eigenvalue weighted by molar-refractivity contribution is -0.292. The molecule has 2 aromatic heterocycles. The molecule has 15 heteroatoms. The Morgan fingerprint density at radius 2 is 1.79 bits per heavy atom. The highest BCUT2D eigenvalue weighted by atomic mass is 79.9. The van der Waals surface area contributed by atoms with Crippen molar-refractivity contribution in [2.45, 2.75) is 76.9 Å². The van der Waals surface area contributed by atoms with Crippen LogP contribution in [-0.4, -0.2) is 39.7 Å². The highest BCUT2D eigenvalue weighted by molar-refractivity contribution is 9.10. The number of halogens is 7. The van der Waals surface area contributed by atoms with Crippen LogP contribution < -0.4 is 5.32 Å². The number of rotatable bonds is 12. The third kappa shape index (κ3) is 8.90. The van der Waals surface area contributed by atoms with Crippen molar-refractivity contribution in [1.29, 1.82) is 0 Å². The third-order valence-electron chi connectivity index (χ3n) is 5.49. The summed E-state index contributed by atoms with van der Waals surface area (Å²) in [5, 5.41) is 9.33. The first-order chi connectivity index (χ1) is 19.4. The van der Waals surface area contributed by atoms with Gasteiger partial charge in [0.2, 0.25) is 5.60 Å². The molecule has 0 aromatic carbocycles. The van der Waals surface area contributed by atoms with E-state index in [1.54, 1.807) is 6.08 Å². The smallest absolute Gasteiger partial charge is 0.426 e. The molecular formula is C27H31BrF6N4O4. The Labute approximate surface area is 247 Å². The number of unbranched alkanes of at least 4 members (excludes halogenated alkanes) is 1. The van der Waals surface area contributed by atoms with Gasteiger partial charge in [-0.25, -0.2) is 9.78 Å². The molecule has 1 amide bonds. The molecule has 232 valence electrons. The van der Waals surface area contributed by atoms with Gasteiger partial charge in [0.05, 0.1) is 17.9 Å². The molecule has 2 aromatic rings. The van der Waals surface area contributed by atoms with Gasteiger partial charge in [0.15, 0.2) is 5.69 Å². The molecule has 42 heavy (non-hydrogen) atoms. The molecule has 0 bridgehead atoms. The first-order valence-electron chi connectivity index (χ1n) is 12.6. The average Bonchev–Trinajstić information content (AvgIpc) is 3.34. The summed E-state index contributed by atoms with van der Waals surface area (Å²) in [4.78, 5) is 16.2. The van der Waals surface area contributed by atoms with Gasteiger partial charge >= 0.3 is 18.4 Å². The van der Waals surface area contributed by atoms with Crippen LogP contribution in [0.25, 0.3) is 11.6 Å². The topological polar surface area (TPSA) is 99.4 Å². The van der Waals surface area contributed by atoms with E-state index < -0.39 is 76.0 Å². The number of allylic oxidation sites excluding steroid dienone is 2. The minimum atomic E-state index is -5.08. The van der Waals surface area contributed by atoms with E-state index in [1.165, 1.54) is 32.9 Å². The fourth-order valence-corrected chi connectivity index (χ4v) is 3.99. The molecule has 0 spiro atoms. The van der Waals surface area contributed by atoms with Crippen molar-refractivity contribution in [2.24, 2.45) is 0 Å². The fraction of sp³-hybridized carbons (Fsp3) is 0.481. The Kier molecular flexibility index (Phi) is 11.5. The van der Waals surface area contributed by atoms with E-state index in [-0.39, 0.29) is 6.42 Å². The van der Waals surface area contributed by atoms with Crippen molar-refractivity contribution < 1.29 is 45.0 Å². The predicted octanol–water partition coefficient (Wildman–Crippen LogP) is 8.91. The van der Waals surface area contributed by atoms with Crippen LogP contribution >= 0.6 is 15.9 Å². The number of carbonyl (C=O) groups is 1. The second-order valence-corrected chi connectivity index (χ2v) is 10.7. The molecule has 0 aliphatic rings. The Bertz CT molecular complexity index is 1300. The summed E-state index contributed by atoms with van der Waals surface area (Å²) in [5.74, 6) is -1.74. The quantitative estimate of drug-likeness (QED) is 0.104. The van der Waals surface area contributed by atoms with Crippen LogP contribution in [0.1, 0.15) is 64.8 Å². The number of hydrogen-bond donors (Lipinski definition) is 1. The van der Waals surface area contributed by atoms with E-state index in [1.807, 2.05) is 6.92 Å². The van der Waals surface area contributed by atoms with Crippen molar-refractivity contribution in [3.63, 3.8) is 0 Å². The number of hydrogen-bond acceptors (Lipinski definition) is 7. The van der Waals surface area contributed by atoms with Crippen LogP contribution in [0.3, 0.4) is 0 Å². The van der Waals surface area contributed by atoms with Crippen molar-refractivity contribution >= 4 is 27.7 Å². The SMILES string of the molecule is C=CCCC(OC/C(C=C)=C/CCC)(c1nnc(-c2nc(Br)c(C(F)(F)F)cc2NC(=O)OC(C)(C)C)o1)C(F)(F)F. The lowest BCUT2D eigenvalue weighted by Gasteiger charge is -2.32. The molecule has 0 saturated heterocycles. The van der Waals surface area contributed by atoms with Crippen LogP contribution in [0.4, 0.5) is 36.8 Å². The minimum Gasteiger partial charge on any atom is -0.444 e. The van der Waals surface area contributed by atoms with Crippen LogP contribution in [0, 0.1) is 0 Å². The molecule has 2 heterocycles. The van der Waals surface area contributed by atoms with E-state index >= 15 is 0 Å². The maximum absolute atomic E-state index is 14.7. The van der Waals surface area contributed by atoms with Gasteiger partial charge in [-0.2, -0.15) is 26.3 Å². The maximum atomic E-state index is 14.7. The van der Waals surface area contributed by atoms with E-state index in [0.717, 1.165) is 6.42 Å². The number of ether oxygens (including phenoxy) is 2. The van der Waals surface area contributed by atoms with E-state index in [9.17, 15) is 31.1 Å². The molecule has 0 aliphatic carbocycles. The average molecular weight is 669 g/mol. The number of nitrogens with zero attached hydrogens (tertiary/aromatic N) is 3. The zero-order chi connectivity index (χ0) is 31.9. The predicted molar refractivity (Wildman–Crippen MR) is 146 cm³/mol. The van der Waals surface area contributed by atoms with Gasteiger partial charge in [0, 0.05) is 0 Å². The van der Waals surface area contributed by atoms with E-state index in [2.05, 4.69) is 49.6 Å². The second-order valence-electron chi connectivity index (χ2n) is 9.97. The van der Waals surface area contributed by atoms with Crippen molar-refractivity contribution in [1.82, 2.24) is 15.2 Å². The summed E-state index contributed by atoms with van der Waals surface area (Å²) in [6.45, 7) is 13.0. The van der Waals surface area contributed by atoms with Crippen LogP contribution in [-0.2, 0) is 21.3 Å². The summed E-state index contributed by atoms with van der Waals surface area (Å²) < 4.78 is 100. The number of aromatic nitrogens is 3. The maximum Gasteiger partial charge on any atom is 0.426 e. The molecule has 2 rings (SSSR count). The standard InChI is InChI=1S/C27H31BrF6N4O4/c1-7-10-12-16(9-3)15-40-25(13-11-8-2,27(32,33)34)22-38-37-21(41-22)19-18(35-23(39)42-24(4,5)6)14-17(20(28)36-19)26(29,30)31/h8-9,12,14H,2-3,7,10-11,13,15H2,1,4-6H3,(H,35,39)/b16-12+. The van der Waals surface area contributed by atoms with Crippen molar-refractivity contribution in [3.8, 4) is 11.6 Å². The van der Waals surface area contributed by atoms with E-state index in [0.29, 0.717) is 18.1 Å². The minimum absolute atomic E-state index is 0.172. The molecule has 1 unspecified atom stereocenters. The summed E-state index contributed by atoms with van der Waals surface area (Å²) in [7, 11) is 0. The van der Waals surface area contributed by atoms with Gasteiger partial charge in [-0.05, 0) is 67.6 Å². The third-order valence-corrected chi connectivity index (χ3v) is 6.10. The molecule has 0 fully saturated rings. The Morgan fingerprint density at radius 3 is 2.31 bits per heavy atom. The van der Waals surface area contributed by atoms with Gasteiger partial charge in [0.1, 0.15) is 10.2 Å². The normalized spacial score (nSPS) is 14.3. The monoisotopic (exact) mass is 668 g/mol. The number of pyridine rings is 1. The largest absolute Gasteiger partial charge is 0.444 e. The van der Waals surface area contributed by atoms with Gasteiger partial charge < -0.3 is 13.9 Å². The molecule has 1 atom stereocenters. The summed E-state index contributed by atoms with van der Waals surface area (Å²) in [6.07, 6.45) is -6.42.